The van der Waals surface area contributed by atoms with Gasteiger partial charge in [0.15, 0.2) is 12.0 Å². The first-order valence-corrected chi connectivity index (χ1v) is 12.0. The molecule has 0 aliphatic carbocycles. The van der Waals surface area contributed by atoms with E-state index in [2.05, 4.69) is 15.2 Å². The molecule has 37 heavy (non-hydrogen) atoms. The minimum Gasteiger partial charge on any atom is -0.505 e. The molecule has 2 heterocycles. The van der Waals surface area contributed by atoms with Crippen LogP contribution in [0.3, 0.4) is 0 Å². The molecule has 5 aromatic rings. The molecule has 0 amide bonds. The number of phenolic OH excluding ortho intramolecular Hbond substituents is 1. The number of aldehydes is 1. The number of hydrogen-bond acceptors (Lipinski definition) is 7. The summed E-state index contributed by atoms with van der Waals surface area (Å²) in [7, 11) is 0. The molecule has 186 valence electrons. The van der Waals surface area contributed by atoms with Crippen LogP contribution in [0, 0.1) is 0 Å². The van der Waals surface area contributed by atoms with E-state index in [9.17, 15) is 14.7 Å². The monoisotopic (exact) mass is 494 g/mol. The van der Waals surface area contributed by atoms with Crippen LogP contribution in [0.1, 0.15) is 48.7 Å². The van der Waals surface area contributed by atoms with Crippen LogP contribution in [0.15, 0.2) is 66.9 Å². The molecule has 0 saturated heterocycles. The van der Waals surface area contributed by atoms with Crippen molar-refractivity contribution in [1.82, 2.24) is 20.0 Å². The Kier molecular flexibility index (Phi) is 6.17. The number of esters is 1. The second-order valence-corrected chi connectivity index (χ2v) is 9.88. The molecule has 2 aromatic heterocycles. The molecule has 0 saturated carbocycles. The zero-order valence-corrected chi connectivity index (χ0v) is 20.8. The standard InChI is InChI=1S/C29H26N4O4/c1-29(2,3)21-15-18(16-24(28(21)36)33-31-22-8-4-5-9-23(22)32-33)10-13-26(35)37-25-12-11-19(17-34)20-7-6-14-30-27(20)25/h4-9,11-12,14-17,36H,10,13H2,1-3H3. The highest BCUT2D eigenvalue weighted by Crippen LogP contribution is 2.36. The van der Waals surface area contributed by atoms with Gasteiger partial charge in [-0.05, 0) is 53.8 Å². The third kappa shape index (κ3) is 4.78. The van der Waals surface area contributed by atoms with Gasteiger partial charge in [0.05, 0.1) is 0 Å². The van der Waals surface area contributed by atoms with Crippen LogP contribution in [0.5, 0.6) is 11.5 Å². The largest absolute Gasteiger partial charge is 0.505 e. The molecule has 0 radical (unpaired) electrons. The van der Waals surface area contributed by atoms with E-state index in [-0.39, 0.29) is 17.6 Å². The number of pyridine rings is 1. The number of aromatic nitrogens is 4. The second kappa shape index (κ2) is 9.46. The Morgan fingerprint density at radius 2 is 1.76 bits per heavy atom. The van der Waals surface area contributed by atoms with E-state index >= 15 is 0 Å². The highest BCUT2D eigenvalue weighted by Gasteiger charge is 2.23. The van der Waals surface area contributed by atoms with Crippen molar-refractivity contribution in [2.45, 2.75) is 39.0 Å². The van der Waals surface area contributed by atoms with Crippen molar-refractivity contribution in [3.05, 3.63) is 83.6 Å². The first-order valence-electron chi connectivity index (χ1n) is 12.0. The molecule has 0 bridgehead atoms. The van der Waals surface area contributed by atoms with Crippen LogP contribution < -0.4 is 4.74 Å². The zero-order valence-electron chi connectivity index (χ0n) is 20.8. The van der Waals surface area contributed by atoms with E-state index < -0.39 is 5.97 Å². The third-order valence-electron chi connectivity index (χ3n) is 6.19. The molecule has 0 unspecified atom stereocenters. The van der Waals surface area contributed by atoms with E-state index in [1.165, 1.54) is 4.80 Å². The fourth-order valence-electron chi connectivity index (χ4n) is 4.29. The summed E-state index contributed by atoms with van der Waals surface area (Å²) >= 11 is 0. The number of fused-ring (bicyclic) bond motifs is 2. The lowest BCUT2D eigenvalue weighted by Crippen LogP contribution is -2.15. The van der Waals surface area contributed by atoms with Gasteiger partial charge in [-0.3, -0.25) is 14.6 Å². The lowest BCUT2D eigenvalue weighted by molar-refractivity contribution is -0.134. The quantitative estimate of drug-likeness (QED) is 0.193. The van der Waals surface area contributed by atoms with Gasteiger partial charge in [0.1, 0.15) is 28.0 Å². The van der Waals surface area contributed by atoms with E-state index in [4.69, 9.17) is 4.74 Å². The van der Waals surface area contributed by atoms with Crippen molar-refractivity contribution < 1.29 is 19.4 Å². The van der Waals surface area contributed by atoms with Gasteiger partial charge in [-0.1, -0.05) is 45.0 Å². The molecular formula is C29H26N4O4. The lowest BCUT2D eigenvalue weighted by Gasteiger charge is -2.23. The number of carbonyl (C=O) groups excluding carboxylic acids is 2. The molecule has 0 aliphatic rings. The number of nitrogens with zero attached hydrogens (tertiary/aromatic N) is 4. The smallest absolute Gasteiger partial charge is 0.311 e. The summed E-state index contributed by atoms with van der Waals surface area (Å²) in [6.45, 7) is 6.04. The molecule has 5 rings (SSSR count). The number of carbonyl (C=O) groups is 2. The fourth-order valence-corrected chi connectivity index (χ4v) is 4.29. The van der Waals surface area contributed by atoms with Crippen molar-refractivity contribution in [2.24, 2.45) is 0 Å². The summed E-state index contributed by atoms with van der Waals surface area (Å²) in [4.78, 5) is 29.9. The van der Waals surface area contributed by atoms with Crippen LogP contribution in [0.2, 0.25) is 0 Å². The molecule has 0 spiro atoms. The summed E-state index contributed by atoms with van der Waals surface area (Å²) in [5, 5.41) is 20.8. The van der Waals surface area contributed by atoms with Gasteiger partial charge in [-0.15, -0.1) is 15.0 Å². The molecule has 0 fully saturated rings. The van der Waals surface area contributed by atoms with Crippen LogP contribution in [-0.2, 0) is 16.6 Å². The molecule has 0 aliphatic heterocycles. The second-order valence-electron chi connectivity index (χ2n) is 9.88. The van der Waals surface area contributed by atoms with Crippen LogP contribution in [-0.4, -0.2) is 37.3 Å². The van der Waals surface area contributed by atoms with Crippen molar-refractivity contribution >= 4 is 34.2 Å². The Bertz CT molecular complexity index is 1620. The number of rotatable bonds is 6. The summed E-state index contributed by atoms with van der Waals surface area (Å²) in [5.74, 6) is -0.0203. The predicted octanol–water partition coefficient (Wildman–Crippen LogP) is 5.32. The highest BCUT2D eigenvalue weighted by molar-refractivity contribution is 5.99. The normalized spacial score (nSPS) is 11.6. The van der Waals surface area contributed by atoms with E-state index in [1.807, 2.05) is 51.1 Å². The molecule has 1 N–H and O–H groups in total. The first-order chi connectivity index (χ1) is 17.7. The number of phenols is 1. The lowest BCUT2D eigenvalue weighted by atomic mass is 9.84. The van der Waals surface area contributed by atoms with Crippen molar-refractivity contribution in [2.75, 3.05) is 0 Å². The summed E-state index contributed by atoms with van der Waals surface area (Å²) in [6, 6.07) is 17.9. The average Bonchev–Trinajstić information content (AvgIpc) is 3.32. The number of aromatic hydroxyl groups is 1. The van der Waals surface area contributed by atoms with Gasteiger partial charge >= 0.3 is 5.97 Å². The van der Waals surface area contributed by atoms with Crippen molar-refractivity contribution in [3.8, 4) is 17.2 Å². The van der Waals surface area contributed by atoms with Gasteiger partial charge in [0, 0.05) is 29.1 Å². The number of ether oxygens (including phenoxy) is 1. The Labute approximate surface area is 213 Å². The summed E-state index contributed by atoms with van der Waals surface area (Å²) in [5.41, 5.74) is 4.04. The minimum atomic E-state index is -0.430. The number of hydrogen-bond donors (Lipinski definition) is 1. The van der Waals surface area contributed by atoms with Gasteiger partial charge < -0.3 is 9.84 Å². The van der Waals surface area contributed by atoms with Gasteiger partial charge in [0.25, 0.3) is 0 Å². The van der Waals surface area contributed by atoms with E-state index in [0.717, 1.165) is 28.4 Å². The SMILES string of the molecule is CC(C)(C)c1cc(CCC(=O)Oc2ccc(C=O)c3cccnc23)cc(-n2nc3ccccc3n2)c1O. The Morgan fingerprint density at radius 3 is 2.43 bits per heavy atom. The maximum atomic E-state index is 12.8. The maximum absolute atomic E-state index is 12.8. The van der Waals surface area contributed by atoms with Gasteiger partial charge in [-0.25, -0.2) is 0 Å². The molecular weight excluding hydrogens is 468 g/mol. The Morgan fingerprint density at radius 1 is 1.03 bits per heavy atom. The van der Waals surface area contributed by atoms with Gasteiger partial charge in [0.2, 0.25) is 0 Å². The van der Waals surface area contributed by atoms with Crippen LogP contribution in [0.25, 0.3) is 27.6 Å². The fraction of sp³-hybridized carbons (Fsp3) is 0.207. The average molecular weight is 495 g/mol. The van der Waals surface area contributed by atoms with Crippen LogP contribution >= 0.6 is 0 Å². The van der Waals surface area contributed by atoms with E-state index in [0.29, 0.717) is 34.3 Å². The Balaban J connectivity index is 1.43. The number of aryl methyl sites for hydroxylation is 1. The number of benzene rings is 3. The summed E-state index contributed by atoms with van der Waals surface area (Å²) in [6.07, 6.45) is 2.83. The zero-order chi connectivity index (χ0) is 26.2. The molecule has 8 heteroatoms. The van der Waals surface area contributed by atoms with Gasteiger partial charge in [-0.2, -0.15) is 0 Å². The maximum Gasteiger partial charge on any atom is 0.311 e. The van der Waals surface area contributed by atoms with Crippen molar-refractivity contribution in [1.29, 1.82) is 0 Å². The van der Waals surface area contributed by atoms with E-state index in [1.54, 1.807) is 36.5 Å². The molecule has 3 aromatic carbocycles. The topological polar surface area (TPSA) is 107 Å². The van der Waals surface area contributed by atoms with Crippen molar-refractivity contribution in [3.63, 3.8) is 0 Å². The third-order valence-corrected chi connectivity index (χ3v) is 6.19. The minimum absolute atomic E-state index is 0.103. The first kappa shape index (κ1) is 24.1. The molecule has 8 nitrogen and oxygen atoms in total. The molecule has 0 atom stereocenters. The predicted molar refractivity (Wildman–Crippen MR) is 140 cm³/mol. The Hall–Kier alpha value is -4.59. The summed E-state index contributed by atoms with van der Waals surface area (Å²) < 4.78 is 5.63. The highest BCUT2D eigenvalue weighted by atomic mass is 16.5. The van der Waals surface area contributed by atoms with Crippen LogP contribution in [0.4, 0.5) is 0 Å².